The highest BCUT2D eigenvalue weighted by atomic mass is 79.9. The second-order valence-corrected chi connectivity index (χ2v) is 5.26. The SMILES string of the molecule is Cc1cc(CNC(=O)c2ccc(Br)o2)nc(N(C)C)n1. The third kappa shape index (κ3) is 3.57. The number of carbonyl (C=O) groups is 1. The Balaban J connectivity index is 2.05. The molecule has 0 aromatic carbocycles. The van der Waals surface area contributed by atoms with E-state index in [1.807, 2.05) is 32.0 Å². The van der Waals surface area contributed by atoms with Crippen LogP contribution in [0.15, 0.2) is 27.3 Å². The molecule has 0 saturated carbocycles. The molecule has 0 atom stereocenters. The molecule has 0 radical (unpaired) electrons. The fourth-order valence-corrected chi connectivity index (χ4v) is 1.91. The summed E-state index contributed by atoms with van der Waals surface area (Å²) in [5.74, 6) is 0.601. The number of aromatic nitrogens is 2. The van der Waals surface area contributed by atoms with Crippen molar-refractivity contribution in [2.75, 3.05) is 19.0 Å². The van der Waals surface area contributed by atoms with Crippen molar-refractivity contribution in [1.82, 2.24) is 15.3 Å². The van der Waals surface area contributed by atoms with Crippen LogP contribution < -0.4 is 10.2 Å². The Morgan fingerprint density at radius 2 is 2.15 bits per heavy atom. The molecule has 2 rings (SSSR count). The molecule has 1 amide bonds. The van der Waals surface area contributed by atoms with Crippen LogP contribution >= 0.6 is 15.9 Å². The molecule has 0 fully saturated rings. The summed E-state index contributed by atoms with van der Waals surface area (Å²) in [5.41, 5.74) is 1.61. The number of nitrogens with one attached hydrogen (secondary N) is 1. The van der Waals surface area contributed by atoms with Crippen LogP contribution in [0, 0.1) is 6.92 Å². The fraction of sp³-hybridized carbons (Fsp3) is 0.308. The van der Waals surface area contributed by atoms with Gasteiger partial charge in [0.25, 0.3) is 5.91 Å². The summed E-state index contributed by atoms with van der Waals surface area (Å²) < 4.78 is 5.71. The van der Waals surface area contributed by atoms with Gasteiger partial charge in [-0.05, 0) is 41.1 Å². The molecule has 0 aliphatic carbocycles. The molecule has 0 saturated heterocycles. The predicted molar refractivity (Wildman–Crippen MR) is 78.7 cm³/mol. The molecular formula is C13H15BrN4O2. The lowest BCUT2D eigenvalue weighted by Crippen LogP contribution is -2.23. The van der Waals surface area contributed by atoms with Crippen LogP contribution in [-0.4, -0.2) is 30.0 Å². The third-order valence-electron chi connectivity index (χ3n) is 2.52. The molecule has 0 aliphatic heterocycles. The van der Waals surface area contributed by atoms with E-state index in [0.717, 1.165) is 11.4 Å². The first-order valence-corrected chi connectivity index (χ1v) is 6.80. The van der Waals surface area contributed by atoms with E-state index in [4.69, 9.17) is 4.42 Å². The predicted octanol–water partition coefficient (Wildman–Crippen LogP) is 2.14. The summed E-state index contributed by atoms with van der Waals surface area (Å²) in [4.78, 5) is 22.3. The number of furan rings is 1. The molecule has 0 unspecified atom stereocenters. The van der Waals surface area contributed by atoms with Crippen molar-refractivity contribution in [3.63, 3.8) is 0 Å². The minimum absolute atomic E-state index is 0.260. The lowest BCUT2D eigenvalue weighted by atomic mass is 10.3. The molecule has 106 valence electrons. The Bertz CT molecular complexity index is 625. The van der Waals surface area contributed by atoms with Crippen molar-refractivity contribution in [2.24, 2.45) is 0 Å². The van der Waals surface area contributed by atoms with Crippen LogP contribution in [0.1, 0.15) is 21.9 Å². The van der Waals surface area contributed by atoms with Gasteiger partial charge in [-0.3, -0.25) is 4.79 Å². The zero-order chi connectivity index (χ0) is 14.7. The Labute approximate surface area is 125 Å². The summed E-state index contributed by atoms with van der Waals surface area (Å²) in [6.45, 7) is 2.21. The Morgan fingerprint density at radius 3 is 2.75 bits per heavy atom. The maximum atomic E-state index is 11.9. The standard InChI is InChI=1S/C13H15BrN4O2/c1-8-6-9(17-13(16-8)18(2)3)7-15-12(19)10-4-5-11(14)20-10/h4-6H,7H2,1-3H3,(H,15,19). The minimum atomic E-state index is -0.279. The van der Waals surface area contributed by atoms with E-state index in [-0.39, 0.29) is 11.7 Å². The van der Waals surface area contributed by atoms with E-state index in [2.05, 4.69) is 31.2 Å². The number of rotatable bonds is 4. The van der Waals surface area contributed by atoms with Crippen molar-refractivity contribution >= 4 is 27.8 Å². The number of amides is 1. The summed E-state index contributed by atoms with van der Waals surface area (Å²) >= 11 is 3.16. The van der Waals surface area contributed by atoms with Crippen molar-refractivity contribution in [1.29, 1.82) is 0 Å². The Hall–Kier alpha value is -1.89. The molecule has 0 spiro atoms. The monoisotopic (exact) mass is 338 g/mol. The summed E-state index contributed by atoms with van der Waals surface area (Å²) in [6.07, 6.45) is 0. The number of anilines is 1. The summed E-state index contributed by atoms with van der Waals surface area (Å²) in [6, 6.07) is 5.12. The minimum Gasteiger partial charge on any atom is -0.444 e. The second kappa shape index (κ2) is 6.04. The van der Waals surface area contributed by atoms with Crippen LogP contribution in [0.2, 0.25) is 0 Å². The number of hydrogen-bond donors (Lipinski definition) is 1. The average molecular weight is 339 g/mol. The maximum Gasteiger partial charge on any atom is 0.287 e. The van der Waals surface area contributed by atoms with Gasteiger partial charge in [-0.15, -0.1) is 0 Å². The average Bonchev–Trinajstić information content (AvgIpc) is 2.82. The highest BCUT2D eigenvalue weighted by Gasteiger charge is 2.11. The molecular weight excluding hydrogens is 324 g/mol. The molecule has 0 bridgehead atoms. The van der Waals surface area contributed by atoms with Gasteiger partial charge in [-0.2, -0.15) is 0 Å². The number of aryl methyl sites for hydroxylation is 1. The van der Waals surface area contributed by atoms with Crippen LogP contribution in [0.5, 0.6) is 0 Å². The van der Waals surface area contributed by atoms with Gasteiger partial charge >= 0.3 is 0 Å². The van der Waals surface area contributed by atoms with Gasteiger partial charge in [-0.1, -0.05) is 0 Å². The molecule has 2 aromatic heterocycles. The van der Waals surface area contributed by atoms with E-state index in [0.29, 0.717) is 17.2 Å². The van der Waals surface area contributed by atoms with Gasteiger partial charge in [0.2, 0.25) is 5.95 Å². The van der Waals surface area contributed by atoms with Gasteiger partial charge in [0.1, 0.15) is 0 Å². The topological polar surface area (TPSA) is 71.3 Å². The lowest BCUT2D eigenvalue weighted by molar-refractivity contribution is 0.0921. The Kier molecular flexibility index (Phi) is 4.39. The molecule has 7 heteroatoms. The zero-order valence-corrected chi connectivity index (χ0v) is 13.1. The first-order chi connectivity index (χ1) is 9.45. The Morgan fingerprint density at radius 1 is 1.40 bits per heavy atom. The maximum absolute atomic E-state index is 11.9. The summed E-state index contributed by atoms with van der Waals surface area (Å²) in [7, 11) is 3.75. The molecule has 1 N–H and O–H groups in total. The highest BCUT2D eigenvalue weighted by Crippen LogP contribution is 2.14. The van der Waals surface area contributed by atoms with E-state index in [1.165, 1.54) is 0 Å². The van der Waals surface area contributed by atoms with Crippen LogP contribution in [0.3, 0.4) is 0 Å². The smallest absolute Gasteiger partial charge is 0.287 e. The third-order valence-corrected chi connectivity index (χ3v) is 2.95. The van der Waals surface area contributed by atoms with Crippen LogP contribution in [0.25, 0.3) is 0 Å². The quantitative estimate of drug-likeness (QED) is 0.924. The van der Waals surface area contributed by atoms with Gasteiger partial charge in [0.05, 0.1) is 12.2 Å². The van der Waals surface area contributed by atoms with Gasteiger partial charge < -0.3 is 14.6 Å². The first-order valence-electron chi connectivity index (χ1n) is 6.01. The summed E-state index contributed by atoms with van der Waals surface area (Å²) in [5, 5.41) is 2.76. The van der Waals surface area contributed by atoms with E-state index in [9.17, 15) is 4.79 Å². The van der Waals surface area contributed by atoms with Crippen molar-refractivity contribution in [3.05, 3.63) is 40.0 Å². The zero-order valence-electron chi connectivity index (χ0n) is 11.5. The van der Waals surface area contributed by atoms with Crippen LogP contribution in [0.4, 0.5) is 5.95 Å². The van der Waals surface area contributed by atoms with Gasteiger partial charge in [0.15, 0.2) is 10.4 Å². The second-order valence-electron chi connectivity index (χ2n) is 4.48. The van der Waals surface area contributed by atoms with Crippen molar-refractivity contribution in [3.8, 4) is 0 Å². The van der Waals surface area contributed by atoms with Gasteiger partial charge in [0, 0.05) is 19.8 Å². The molecule has 20 heavy (non-hydrogen) atoms. The number of nitrogens with zero attached hydrogens (tertiary/aromatic N) is 3. The number of carbonyl (C=O) groups excluding carboxylic acids is 1. The van der Waals surface area contributed by atoms with Crippen molar-refractivity contribution < 1.29 is 9.21 Å². The molecule has 2 aromatic rings. The van der Waals surface area contributed by atoms with Crippen molar-refractivity contribution in [2.45, 2.75) is 13.5 Å². The molecule has 6 nitrogen and oxygen atoms in total. The van der Waals surface area contributed by atoms with E-state index >= 15 is 0 Å². The van der Waals surface area contributed by atoms with Gasteiger partial charge in [-0.25, -0.2) is 9.97 Å². The molecule has 0 aliphatic rings. The highest BCUT2D eigenvalue weighted by molar-refractivity contribution is 9.10. The van der Waals surface area contributed by atoms with E-state index < -0.39 is 0 Å². The first kappa shape index (κ1) is 14.5. The lowest BCUT2D eigenvalue weighted by Gasteiger charge is -2.12. The number of halogens is 1. The molecule has 2 heterocycles. The normalized spacial score (nSPS) is 10.4. The fourth-order valence-electron chi connectivity index (χ4n) is 1.60. The number of hydrogen-bond acceptors (Lipinski definition) is 5. The largest absolute Gasteiger partial charge is 0.444 e. The van der Waals surface area contributed by atoms with Crippen LogP contribution in [-0.2, 0) is 6.54 Å². The van der Waals surface area contributed by atoms with E-state index in [1.54, 1.807) is 12.1 Å².